The van der Waals surface area contributed by atoms with Crippen molar-refractivity contribution in [2.75, 3.05) is 31.1 Å². The number of aromatic nitrogens is 2. The van der Waals surface area contributed by atoms with Crippen LogP contribution < -0.4 is 10.2 Å². The zero-order valence-electron chi connectivity index (χ0n) is 18.3. The van der Waals surface area contributed by atoms with Gasteiger partial charge in [-0.1, -0.05) is 23.7 Å². The fourth-order valence-electron chi connectivity index (χ4n) is 4.55. The van der Waals surface area contributed by atoms with Gasteiger partial charge in [-0.25, -0.2) is 23.1 Å². The Morgan fingerprint density at radius 2 is 1.41 bits per heavy atom. The largest absolute Gasteiger partial charge is 0.355 e. The normalized spacial score (nSPS) is 30.0. The molecule has 4 fully saturated rings. The Hall–Kier alpha value is -2.38. The van der Waals surface area contributed by atoms with Gasteiger partial charge in [0.2, 0.25) is 12.1 Å². The summed E-state index contributed by atoms with van der Waals surface area (Å²) in [5, 5.41) is 3.79. The molecular weight excluding hydrogens is 443 g/mol. The molecule has 1 N–H and O–H groups in total. The third-order valence-corrected chi connectivity index (χ3v) is 6.81. The Balaban J connectivity index is 0.000000145. The zero-order chi connectivity index (χ0) is 22.0. The standard InChI is InChI=1S/C12H13N3.C6H6ClN.C6H8N2.ClH/c1-8-3-4-11(14-5-8)15-6-9-10(7-15)12(9)13-2;1-5-2-3-6(7)8-4-5;1-7-6-4-2-8-3-5(4)6;/h3-5,9-10,12H,6-7H2,1H3;2-4H,1H3;4-6,8H,2-3H2;1H/t9-,10+,12?;;4-,5+,6?;. The molecular formula is C24H28Cl2N6. The number of hydrogen-bond acceptors (Lipinski definition) is 4. The smallest absolute Gasteiger partial charge is 0.233 e. The van der Waals surface area contributed by atoms with E-state index in [0.29, 0.717) is 29.1 Å². The number of fused-ring (bicyclic) bond motifs is 2. The topological polar surface area (TPSA) is 49.8 Å². The van der Waals surface area contributed by atoms with E-state index in [0.717, 1.165) is 49.4 Å². The van der Waals surface area contributed by atoms with Crippen LogP contribution in [0.2, 0.25) is 5.15 Å². The zero-order valence-corrected chi connectivity index (χ0v) is 19.9. The van der Waals surface area contributed by atoms with E-state index in [9.17, 15) is 0 Å². The van der Waals surface area contributed by atoms with Gasteiger partial charge in [0.15, 0.2) is 0 Å². The lowest BCUT2D eigenvalue weighted by atomic mass is 10.3. The van der Waals surface area contributed by atoms with Gasteiger partial charge in [0.1, 0.15) is 11.0 Å². The Labute approximate surface area is 201 Å². The van der Waals surface area contributed by atoms with E-state index >= 15 is 0 Å². The van der Waals surface area contributed by atoms with Crippen molar-refractivity contribution in [3.63, 3.8) is 0 Å². The van der Waals surface area contributed by atoms with Gasteiger partial charge in [0.25, 0.3) is 0 Å². The van der Waals surface area contributed by atoms with Crippen LogP contribution >= 0.6 is 24.0 Å². The number of nitrogens with one attached hydrogen (secondary N) is 1. The molecule has 168 valence electrons. The summed E-state index contributed by atoms with van der Waals surface area (Å²) in [5.74, 6) is 3.76. The molecule has 2 aromatic heterocycles. The third kappa shape index (κ3) is 5.51. The summed E-state index contributed by atoms with van der Waals surface area (Å²) in [4.78, 5) is 17.7. The number of piperidine rings is 2. The van der Waals surface area contributed by atoms with Crippen LogP contribution in [0.4, 0.5) is 5.82 Å². The highest BCUT2D eigenvalue weighted by molar-refractivity contribution is 6.29. The maximum atomic E-state index is 7.01. The molecule has 0 amide bonds. The summed E-state index contributed by atoms with van der Waals surface area (Å²) < 4.78 is 0. The lowest BCUT2D eigenvalue weighted by Gasteiger charge is -2.18. The van der Waals surface area contributed by atoms with Gasteiger partial charge >= 0.3 is 0 Å². The van der Waals surface area contributed by atoms with Crippen molar-refractivity contribution in [1.82, 2.24) is 15.3 Å². The lowest BCUT2D eigenvalue weighted by Crippen LogP contribution is -2.25. The van der Waals surface area contributed by atoms with Gasteiger partial charge in [-0.15, -0.1) is 12.4 Å². The quantitative estimate of drug-likeness (QED) is 0.497. The van der Waals surface area contributed by atoms with Crippen molar-refractivity contribution < 1.29 is 0 Å². The molecule has 2 unspecified atom stereocenters. The minimum Gasteiger partial charge on any atom is -0.355 e. The van der Waals surface area contributed by atoms with Gasteiger partial charge in [-0.05, 0) is 37.1 Å². The molecule has 0 spiro atoms. The summed E-state index contributed by atoms with van der Waals surface area (Å²) in [6, 6.07) is 8.58. The molecule has 8 heteroatoms. The minimum atomic E-state index is 0. The molecule has 32 heavy (non-hydrogen) atoms. The fraction of sp³-hybridized carbons (Fsp3) is 0.500. The van der Waals surface area contributed by atoms with E-state index in [1.165, 1.54) is 5.56 Å². The van der Waals surface area contributed by atoms with Crippen molar-refractivity contribution in [2.45, 2.75) is 25.9 Å². The van der Waals surface area contributed by atoms with Crippen LogP contribution in [0, 0.1) is 50.7 Å². The van der Waals surface area contributed by atoms with Crippen molar-refractivity contribution >= 4 is 29.8 Å². The number of pyridine rings is 2. The first kappa shape index (κ1) is 24.3. The van der Waals surface area contributed by atoms with Crippen LogP contribution in [0.1, 0.15) is 11.1 Å². The predicted molar refractivity (Wildman–Crippen MR) is 130 cm³/mol. The first-order chi connectivity index (χ1) is 15.0. The van der Waals surface area contributed by atoms with Crippen molar-refractivity contribution in [1.29, 1.82) is 0 Å². The first-order valence-corrected chi connectivity index (χ1v) is 11.1. The highest BCUT2D eigenvalue weighted by Gasteiger charge is 2.62. The van der Waals surface area contributed by atoms with E-state index in [1.54, 1.807) is 12.3 Å². The van der Waals surface area contributed by atoms with E-state index in [-0.39, 0.29) is 12.4 Å². The van der Waals surface area contributed by atoms with Crippen LogP contribution in [-0.4, -0.2) is 48.2 Å². The number of hydrogen-bond donors (Lipinski definition) is 1. The maximum Gasteiger partial charge on any atom is 0.233 e. The summed E-state index contributed by atoms with van der Waals surface area (Å²) in [6.45, 7) is 22.0. The number of aryl methyl sites for hydroxylation is 2. The molecule has 2 aromatic rings. The van der Waals surface area contributed by atoms with Crippen molar-refractivity contribution in [2.24, 2.45) is 23.7 Å². The number of rotatable bonds is 1. The van der Waals surface area contributed by atoms with Crippen LogP contribution in [0.25, 0.3) is 9.69 Å². The molecule has 4 aliphatic rings. The van der Waals surface area contributed by atoms with E-state index < -0.39 is 0 Å². The number of anilines is 1. The number of nitrogens with zero attached hydrogens (tertiary/aromatic N) is 5. The maximum absolute atomic E-state index is 7.01. The Bertz CT molecular complexity index is 939. The molecule has 0 radical (unpaired) electrons. The van der Waals surface area contributed by atoms with Crippen LogP contribution in [0.5, 0.6) is 0 Å². The molecule has 6 rings (SSSR count). The van der Waals surface area contributed by atoms with Gasteiger partial charge < -0.3 is 19.9 Å². The molecule has 6 atom stereocenters. The first-order valence-electron chi connectivity index (χ1n) is 10.7. The molecule has 0 bridgehead atoms. The van der Waals surface area contributed by atoms with Crippen LogP contribution in [0.3, 0.4) is 0 Å². The lowest BCUT2D eigenvalue weighted by molar-refractivity contribution is 0.713. The SMILES string of the molecule is Cc1ccc(Cl)nc1.Cl.[C-]#[N+]C1[C@H]2CN(c3ccc(C)cn3)C[C@@H]12.[C-]#[N+]C1[C@H]2CNC[C@@H]12. The second kappa shape index (κ2) is 10.5. The highest BCUT2D eigenvalue weighted by Crippen LogP contribution is 2.48. The molecule has 2 saturated carbocycles. The monoisotopic (exact) mass is 470 g/mol. The molecule has 0 aromatic carbocycles. The minimum absolute atomic E-state index is 0. The Morgan fingerprint density at radius 3 is 1.81 bits per heavy atom. The van der Waals surface area contributed by atoms with Gasteiger partial charge in [-0.2, -0.15) is 0 Å². The van der Waals surface area contributed by atoms with E-state index in [1.807, 2.05) is 26.1 Å². The highest BCUT2D eigenvalue weighted by atomic mass is 35.5. The average molecular weight is 471 g/mol. The van der Waals surface area contributed by atoms with Gasteiger partial charge in [0.05, 0.1) is 23.7 Å². The molecule has 2 saturated heterocycles. The number of halogens is 2. The van der Waals surface area contributed by atoms with Crippen LogP contribution in [-0.2, 0) is 0 Å². The second-order valence-corrected chi connectivity index (χ2v) is 9.20. The van der Waals surface area contributed by atoms with Crippen molar-refractivity contribution in [3.8, 4) is 0 Å². The van der Waals surface area contributed by atoms with Gasteiger partial charge in [-0.3, -0.25) is 0 Å². The summed E-state index contributed by atoms with van der Waals surface area (Å²) in [5.41, 5.74) is 2.33. The van der Waals surface area contributed by atoms with E-state index in [4.69, 9.17) is 24.7 Å². The second-order valence-electron chi connectivity index (χ2n) is 8.81. The average Bonchev–Trinajstić information content (AvgIpc) is 3.46. The molecule has 4 heterocycles. The molecule has 6 nitrogen and oxygen atoms in total. The predicted octanol–water partition coefficient (Wildman–Crippen LogP) is 4.33. The Morgan fingerprint density at radius 1 is 0.875 bits per heavy atom. The molecule has 2 aliphatic carbocycles. The summed E-state index contributed by atoms with van der Waals surface area (Å²) in [7, 11) is 0. The summed E-state index contributed by atoms with van der Waals surface area (Å²) in [6.07, 6.45) is 3.65. The van der Waals surface area contributed by atoms with Crippen molar-refractivity contribution in [3.05, 3.63) is 75.8 Å². The van der Waals surface area contributed by atoms with Crippen LogP contribution in [0.15, 0.2) is 36.7 Å². The third-order valence-electron chi connectivity index (χ3n) is 6.59. The molecule has 2 aliphatic heterocycles. The van der Waals surface area contributed by atoms with Gasteiger partial charge in [0, 0.05) is 38.6 Å². The van der Waals surface area contributed by atoms with E-state index in [2.05, 4.69) is 42.0 Å². The fourth-order valence-corrected chi connectivity index (χ4v) is 4.66. The summed E-state index contributed by atoms with van der Waals surface area (Å²) >= 11 is 5.50. The Kier molecular flexibility index (Phi) is 7.96.